The molecular weight excluding hydrogens is 298 g/mol. The van der Waals surface area contributed by atoms with E-state index >= 15 is 0 Å². The molecule has 0 aromatic rings. The van der Waals surface area contributed by atoms with Gasteiger partial charge in [-0.25, -0.2) is 4.79 Å². The second kappa shape index (κ2) is 10.1. The molecule has 0 amide bonds. The summed E-state index contributed by atoms with van der Waals surface area (Å²) in [7, 11) is 0. The second-order valence-corrected chi connectivity index (χ2v) is 5.05. The summed E-state index contributed by atoms with van der Waals surface area (Å²) in [6.45, 7) is 7.08. The molecule has 0 aromatic carbocycles. The van der Waals surface area contributed by atoms with Gasteiger partial charge < -0.3 is 14.6 Å². The van der Waals surface area contributed by atoms with E-state index in [2.05, 4.69) is 0 Å². The summed E-state index contributed by atoms with van der Waals surface area (Å²) in [5.41, 5.74) is 0.0538. The van der Waals surface area contributed by atoms with E-state index < -0.39 is 11.4 Å². The number of carbonyl (C=O) groups excluding carboxylic acids is 2. The Morgan fingerprint density at radius 1 is 1.32 bits per heavy atom. The van der Waals surface area contributed by atoms with Gasteiger partial charge in [0.2, 0.25) is 0 Å². The Kier molecular flexibility index (Phi) is 11.0. The number of aliphatic carboxylic acids is 1. The molecule has 0 aromatic heterocycles. The maximum Gasteiger partial charge on any atom is 0.333 e. The van der Waals surface area contributed by atoms with Gasteiger partial charge in [0, 0.05) is 36.4 Å². The summed E-state index contributed by atoms with van der Waals surface area (Å²) in [6, 6.07) is 0. The number of carboxylic acids is 1. The fourth-order valence-electron chi connectivity index (χ4n) is 1.10. The minimum Gasteiger partial charge on any atom is -0.550 e. The van der Waals surface area contributed by atoms with Gasteiger partial charge >= 0.3 is 5.97 Å². The molecule has 0 unspecified atom stereocenters. The van der Waals surface area contributed by atoms with Crippen molar-refractivity contribution in [3.8, 4) is 0 Å². The van der Waals surface area contributed by atoms with E-state index in [1.807, 2.05) is 19.4 Å². The SMILES string of the molecule is CC(C)(C)C(=O)[O-].CCOC(=O)C1=CCCC[CH]1.[Zn]. The Morgan fingerprint density at radius 3 is 2.16 bits per heavy atom. The molecule has 5 heteroatoms. The Morgan fingerprint density at radius 2 is 1.84 bits per heavy atom. The van der Waals surface area contributed by atoms with Crippen molar-refractivity contribution in [2.75, 3.05) is 6.61 Å². The number of rotatable bonds is 2. The van der Waals surface area contributed by atoms with Crippen LogP contribution in [0.2, 0.25) is 0 Å². The van der Waals surface area contributed by atoms with Gasteiger partial charge in [-0.3, -0.25) is 0 Å². The summed E-state index contributed by atoms with van der Waals surface area (Å²) in [5, 5.41) is 9.91. The number of carboxylic acid groups (broad SMARTS) is 1. The van der Waals surface area contributed by atoms with Gasteiger partial charge in [-0.15, -0.1) is 0 Å². The van der Waals surface area contributed by atoms with Crippen LogP contribution in [0, 0.1) is 11.8 Å². The molecule has 0 aliphatic heterocycles. The van der Waals surface area contributed by atoms with Crippen LogP contribution >= 0.6 is 0 Å². The van der Waals surface area contributed by atoms with Crippen LogP contribution in [0.3, 0.4) is 0 Å². The molecule has 1 rings (SSSR count). The normalized spacial score (nSPS) is 14.2. The van der Waals surface area contributed by atoms with Gasteiger partial charge in [-0.1, -0.05) is 26.8 Å². The quantitative estimate of drug-likeness (QED) is 0.573. The number of carbonyl (C=O) groups is 2. The molecule has 0 fully saturated rings. The number of hydrogen-bond donors (Lipinski definition) is 0. The van der Waals surface area contributed by atoms with Crippen molar-refractivity contribution in [1.82, 2.24) is 0 Å². The molecule has 0 saturated carbocycles. The predicted molar refractivity (Wildman–Crippen MR) is 67.3 cm³/mol. The number of ether oxygens (including phenoxy) is 1. The summed E-state index contributed by atoms with van der Waals surface area (Å²) >= 11 is 0. The van der Waals surface area contributed by atoms with Crippen molar-refractivity contribution in [3.05, 3.63) is 18.1 Å². The Hall–Kier alpha value is -0.697. The van der Waals surface area contributed by atoms with Crippen LogP contribution in [0.5, 0.6) is 0 Å². The van der Waals surface area contributed by atoms with Gasteiger partial charge in [0.05, 0.1) is 6.61 Å². The number of hydrogen-bond acceptors (Lipinski definition) is 4. The molecule has 0 saturated heterocycles. The zero-order chi connectivity index (χ0) is 14.2. The maximum absolute atomic E-state index is 11.1. The van der Waals surface area contributed by atoms with Crippen molar-refractivity contribution in [2.45, 2.75) is 47.0 Å². The molecule has 1 radical (unpaired) electrons. The Bertz CT molecular complexity index is 316. The standard InChI is InChI=1S/C9H13O2.C5H10O2.Zn/c1-2-11-9(10)8-6-4-3-5-7-8;1-5(2,3)4(6)7;/h6-7H,2-5H2,1H3;1-3H3,(H,6,7);/p-1. The molecule has 19 heavy (non-hydrogen) atoms. The van der Waals surface area contributed by atoms with Crippen LogP contribution in [-0.2, 0) is 33.8 Å². The van der Waals surface area contributed by atoms with Crippen molar-refractivity contribution < 1.29 is 38.9 Å². The zero-order valence-electron chi connectivity index (χ0n) is 12.3. The van der Waals surface area contributed by atoms with Crippen molar-refractivity contribution in [3.63, 3.8) is 0 Å². The van der Waals surface area contributed by atoms with Crippen LogP contribution in [0.4, 0.5) is 0 Å². The van der Waals surface area contributed by atoms with Gasteiger partial charge in [0.1, 0.15) is 0 Å². The topological polar surface area (TPSA) is 66.4 Å². The van der Waals surface area contributed by atoms with Crippen LogP contribution < -0.4 is 5.11 Å². The number of allylic oxidation sites excluding steroid dienone is 1. The molecular formula is C14H22O4Zn-. The monoisotopic (exact) mass is 318 g/mol. The summed E-state index contributed by atoms with van der Waals surface area (Å²) in [6.07, 6.45) is 7.06. The minimum absolute atomic E-state index is 0. The Balaban J connectivity index is 0. The molecule has 1 aliphatic rings. The Labute approximate surface area is 128 Å². The van der Waals surface area contributed by atoms with Gasteiger partial charge in [-0.05, 0) is 32.6 Å². The molecule has 1 aliphatic carbocycles. The van der Waals surface area contributed by atoms with E-state index in [0.29, 0.717) is 6.61 Å². The third-order valence-corrected chi connectivity index (χ3v) is 2.26. The molecule has 105 valence electrons. The van der Waals surface area contributed by atoms with Crippen molar-refractivity contribution in [1.29, 1.82) is 0 Å². The molecule has 4 nitrogen and oxygen atoms in total. The second-order valence-electron chi connectivity index (χ2n) is 5.05. The average molecular weight is 320 g/mol. The smallest absolute Gasteiger partial charge is 0.333 e. The molecule has 0 atom stereocenters. The fourth-order valence-corrected chi connectivity index (χ4v) is 1.10. The maximum atomic E-state index is 11.1. The van der Waals surface area contributed by atoms with Crippen molar-refractivity contribution in [2.24, 2.45) is 5.41 Å². The van der Waals surface area contributed by atoms with Crippen LogP contribution in [0.25, 0.3) is 0 Å². The van der Waals surface area contributed by atoms with E-state index in [9.17, 15) is 14.7 Å². The first-order valence-electron chi connectivity index (χ1n) is 6.21. The van der Waals surface area contributed by atoms with E-state index in [-0.39, 0.29) is 25.4 Å². The first-order valence-corrected chi connectivity index (χ1v) is 6.21. The minimum atomic E-state index is -1.01. The predicted octanol–water partition coefficient (Wildman–Crippen LogP) is 1.64. The first-order chi connectivity index (χ1) is 8.29. The molecule has 0 heterocycles. The summed E-state index contributed by atoms with van der Waals surface area (Å²) < 4.78 is 4.84. The van der Waals surface area contributed by atoms with E-state index in [1.54, 1.807) is 20.8 Å². The summed E-state index contributed by atoms with van der Waals surface area (Å²) in [4.78, 5) is 21.0. The molecule has 0 N–H and O–H groups in total. The van der Waals surface area contributed by atoms with Gasteiger partial charge in [-0.2, -0.15) is 0 Å². The third kappa shape index (κ3) is 9.83. The largest absolute Gasteiger partial charge is 0.550 e. The van der Waals surface area contributed by atoms with Crippen LogP contribution in [0.1, 0.15) is 47.0 Å². The van der Waals surface area contributed by atoms with E-state index in [1.165, 1.54) is 0 Å². The van der Waals surface area contributed by atoms with Crippen LogP contribution in [0.15, 0.2) is 11.6 Å². The third-order valence-electron chi connectivity index (χ3n) is 2.26. The zero-order valence-corrected chi connectivity index (χ0v) is 15.3. The first kappa shape index (κ1) is 20.6. The molecule has 0 spiro atoms. The van der Waals surface area contributed by atoms with Crippen molar-refractivity contribution >= 4 is 11.9 Å². The van der Waals surface area contributed by atoms with Gasteiger partial charge in [0.25, 0.3) is 0 Å². The van der Waals surface area contributed by atoms with Crippen LogP contribution in [-0.4, -0.2) is 18.5 Å². The van der Waals surface area contributed by atoms with E-state index in [0.717, 1.165) is 24.8 Å². The average Bonchev–Trinajstić information content (AvgIpc) is 2.30. The molecule has 0 bridgehead atoms. The fraction of sp³-hybridized carbons (Fsp3) is 0.643. The summed E-state index contributed by atoms with van der Waals surface area (Å²) in [5.74, 6) is -1.18. The number of esters is 1. The van der Waals surface area contributed by atoms with Gasteiger partial charge in [0.15, 0.2) is 0 Å². The van der Waals surface area contributed by atoms with E-state index in [4.69, 9.17) is 4.74 Å².